The molecule has 0 saturated heterocycles. The first-order valence-corrected chi connectivity index (χ1v) is 6.31. The Kier molecular flexibility index (Phi) is 2.99. The van der Waals surface area contributed by atoms with E-state index < -0.39 is 0 Å². The second-order valence-corrected chi connectivity index (χ2v) is 4.87. The zero-order valence-electron chi connectivity index (χ0n) is 10.5. The van der Waals surface area contributed by atoms with Gasteiger partial charge in [-0.3, -0.25) is 9.59 Å². The van der Waals surface area contributed by atoms with Crippen LogP contribution in [0.3, 0.4) is 0 Å². The van der Waals surface area contributed by atoms with Crippen LogP contribution < -0.4 is 0 Å². The van der Waals surface area contributed by atoms with Gasteiger partial charge in [-0.15, -0.1) is 0 Å². The van der Waals surface area contributed by atoms with E-state index in [1.807, 2.05) is 0 Å². The van der Waals surface area contributed by atoms with Gasteiger partial charge < -0.3 is 4.52 Å². The van der Waals surface area contributed by atoms with Gasteiger partial charge in [-0.1, -0.05) is 22.8 Å². The number of carbonyl (C=O) groups is 2. The number of benzene rings is 1. The van der Waals surface area contributed by atoms with Crippen LogP contribution >= 0.6 is 11.6 Å². The Hall–Kier alpha value is -2.27. The molecule has 3 rings (SSSR count). The van der Waals surface area contributed by atoms with Gasteiger partial charge in [0.1, 0.15) is 5.76 Å². The summed E-state index contributed by atoms with van der Waals surface area (Å²) in [6, 6.07) is 6.78. The lowest BCUT2D eigenvalue weighted by molar-refractivity contribution is 0.0959. The van der Waals surface area contributed by atoms with E-state index in [1.165, 1.54) is 0 Å². The average molecular weight is 289 g/mol. The van der Waals surface area contributed by atoms with Crippen LogP contribution in [0.15, 0.2) is 33.8 Å². The summed E-state index contributed by atoms with van der Waals surface area (Å²) in [5, 5.41) is 4.14. The minimum absolute atomic E-state index is 0.0790. The first-order valence-electron chi connectivity index (χ1n) is 5.93. The molecule has 0 spiro atoms. The number of nitrogens with zero attached hydrogens (tertiary/aromatic N) is 2. The van der Waals surface area contributed by atoms with E-state index in [2.05, 4.69) is 10.1 Å². The molecule has 6 heteroatoms. The Labute approximate surface area is 119 Å². The molecule has 5 nitrogen and oxygen atoms in total. The summed E-state index contributed by atoms with van der Waals surface area (Å²) in [7, 11) is 0. The van der Waals surface area contributed by atoms with E-state index in [4.69, 9.17) is 16.1 Å². The molecule has 0 N–H and O–H groups in total. The molecular formula is C14H9ClN2O3. The minimum Gasteiger partial charge on any atom is -0.360 e. The summed E-state index contributed by atoms with van der Waals surface area (Å²) in [5.74, 6) is -0.257. The molecule has 1 aromatic heterocycles. The molecule has 1 aliphatic carbocycles. The van der Waals surface area contributed by atoms with Crippen molar-refractivity contribution >= 4 is 34.6 Å². The van der Waals surface area contributed by atoms with Gasteiger partial charge in [0, 0.05) is 5.02 Å². The summed E-state index contributed by atoms with van der Waals surface area (Å²) in [4.78, 5) is 28.5. The fourth-order valence-corrected chi connectivity index (χ4v) is 2.27. The largest absolute Gasteiger partial charge is 0.360 e. The summed E-state index contributed by atoms with van der Waals surface area (Å²) >= 11 is 5.87. The number of fused-ring (bicyclic) bond motifs is 1. The van der Waals surface area contributed by atoms with Crippen LogP contribution in [0, 0.1) is 6.92 Å². The highest BCUT2D eigenvalue weighted by atomic mass is 35.5. The third-order valence-corrected chi connectivity index (χ3v) is 3.25. The fraction of sp³-hybridized carbons (Fsp3) is 0.143. The van der Waals surface area contributed by atoms with Crippen molar-refractivity contribution < 1.29 is 14.1 Å². The molecule has 2 aromatic rings. The summed E-state index contributed by atoms with van der Waals surface area (Å²) in [6.07, 6.45) is -0.0790. The zero-order chi connectivity index (χ0) is 14.3. The molecule has 0 bridgehead atoms. The molecule has 1 heterocycles. The maximum Gasteiger partial charge on any atom is 0.213 e. The normalized spacial score (nSPS) is 16.6. The van der Waals surface area contributed by atoms with Crippen LogP contribution in [0.1, 0.15) is 33.0 Å². The lowest BCUT2D eigenvalue weighted by Gasteiger charge is -2.10. The van der Waals surface area contributed by atoms with Crippen molar-refractivity contribution in [1.82, 2.24) is 5.16 Å². The van der Waals surface area contributed by atoms with Gasteiger partial charge in [0.25, 0.3) is 0 Å². The average Bonchev–Trinajstić information content (AvgIpc) is 2.78. The minimum atomic E-state index is -0.321. The highest BCUT2D eigenvalue weighted by molar-refractivity contribution is 6.53. The van der Waals surface area contributed by atoms with Crippen LogP contribution in [0.25, 0.3) is 0 Å². The Morgan fingerprint density at radius 2 is 2.15 bits per heavy atom. The number of aryl methyl sites for hydroxylation is 1. The van der Waals surface area contributed by atoms with Crippen molar-refractivity contribution in [3.8, 4) is 0 Å². The Morgan fingerprint density at radius 3 is 2.90 bits per heavy atom. The lowest BCUT2D eigenvalue weighted by atomic mass is 9.92. The topological polar surface area (TPSA) is 72.5 Å². The fourth-order valence-electron chi connectivity index (χ4n) is 2.08. The molecular weight excluding hydrogens is 280 g/mol. The van der Waals surface area contributed by atoms with Gasteiger partial charge in [0.05, 0.1) is 23.4 Å². The molecule has 0 aliphatic heterocycles. The summed E-state index contributed by atoms with van der Waals surface area (Å²) in [6.45, 7) is 1.60. The highest BCUT2D eigenvalue weighted by Gasteiger charge is 2.34. The van der Waals surface area contributed by atoms with E-state index in [9.17, 15) is 9.59 Å². The monoisotopic (exact) mass is 288 g/mol. The van der Waals surface area contributed by atoms with Crippen molar-refractivity contribution in [3.05, 3.63) is 46.3 Å². The van der Waals surface area contributed by atoms with E-state index in [0.717, 1.165) is 0 Å². The van der Waals surface area contributed by atoms with Crippen LogP contribution in [0.5, 0.6) is 0 Å². The lowest BCUT2D eigenvalue weighted by Crippen LogP contribution is -2.27. The Balaban J connectivity index is 2.07. The van der Waals surface area contributed by atoms with E-state index in [1.54, 1.807) is 31.2 Å². The number of halogens is 1. The molecule has 0 fully saturated rings. The number of hydrogen-bond acceptors (Lipinski definition) is 5. The van der Waals surface area contributed by atoms with Crippen molar-refractivity contribution in [2.75, 3.05) is 0 Å². The molecule has 1 aromatic carbocycles. The van der Waals surface area contributed by atoms with Crippen molar-refractivity contribution in [1.29, 1.82) is 0 Å². The van der Waals surface area contributed by atoms with Crippen LogP contribution in [-0.2, 0) is 0 Å². The van der Waals surface area contributed by atoms with E-state index in [-0.39, 0.29) is 35.0 Å². The maximum absolute atomic E-state index is 12.3. The quantitative estimate of drug-likeness (QED) is 0.808. The van der Waals surface area contributed by atoms with E-state index >= 15 is 0 Å². The number of aliphatic imine (C=N–C) groups is 1. The van der Waals surface area contributed by atoms with Gasteiger partial charge >= 0.3 is 0 Å². The summed E-state index contributed by atoms with van der Waals surface area (Å²) < 4.78 is 4.91. The molecule has 0 amide bonds. The van der Waals surface area contributed by atoms with E-state index in [0.29, 0.717) is 16.5 Å². The SMILES string of the molecule is Cc1onc2c1C(=O)C(=Nc1cccc(Cl)c1)CC2=O. The zero-order valence-corrected chi connectivity index (χ0v) is 11.3. The molecule has 100 valence electrons. The highest BCUT2D eigenvalue weighted by Crippen LogP contribution is 2.25. The van der Waals surface area contributed by atoms with Crippen LogP contribution in [-0.4, -0.2) is 22.4 Å². The first-order chi connectivity index (χ1) is 9.56. The van der Waals surface area contributed by atoms with Crippen molar-refractivity contribution in [2.24, 2.45) is 4.99 Å². The second kappa shape index (κ2) is 4.68. The van der Waals surface area contributed by atoms with Gasteiger partial charge in [-0.2, -0.15) is 0 Å². The second-order valence-electron chi connectivity index (χ2n) is 4.43. The smallest absolute Gasteiger partial charge is 0.213 e. The van der Waals surface area contributed by atoms with Gasteiger partial charge in [-0.05, 0) is 25.1 Å². The number of aromatic nitrogens is 1. The Bertz CT molecular complexity index is 762. The molecule has 0 atom stereocenters. The van der Waals surface area contributed by atoms with Crippen molar-refractivity contribution in [2.45, 2.75) is 13.3 Å². The molecule has 1 aliphatic rings. The third kappa shape index (κ3) is 2.06. The number of hydrogen-bond donors (Lipinski definition) is 0. The van der Waals surface area contributed by atoms with Gasteiger partial charge in [0.2, 0.25) is 5.78 Å². The number of ketones is 2. The molecule has 0 radical (unpaired) electrons. The predicted octanol–water partition coefficient (Wildman–Crippen LogP) is 3.18. The number of Topliss-reactive ketones (excluding diaryl/α,β-unsaturated/α-hetero) is 2. The third-order valence-electron chi connectivity index (χ3n) is 3.02. The van der Waals surface area contributed by atoms with Crippen LogP contribution in [0.2, 0.25) is 5.02 Å². The standard InChI is InChI=1S/C14H9ClN2O3/c1-7-12-13(17-20-7)11(18)6-10(14(12)19)16-9-4-2-3-8(15)5-9/h2-5H,6H2,1H3. The molecule has 20 heavy (non-hydrogen) atoms. The van der Waals surface area contributed by atoms with Gasteiger partial charge in [-0.25, -0.2) is 4.99 Å². The molecule has 0 unspecified atom stereocenters. The van der Waals surface area contributed by atoms with Crippen LogP contribution in [0.4, 0.5) is 5.69 Å². The molecule has 0 saturated carbocycles. The Morgan fingerprint density at radius 1 is 1.35 bits per heavy atom. The van der Waals surface area contributed by atoms with Gasteiger partial charge in [0.15, 0.2) is 11.5 Å². The predicted molar refractivity (Wildman–Crippen MR) is 73.1 cm³/mol. The number of rotatable bonds is 1. The van der Waals surface area contributed by atoms with Crippen molar-refractivity contribution in [3.63, 3.8) is 0 Å². The number of carbonyl (C=O) groups excluding carboxylic acids is 2. The first kappa shape index (κ1) is 12.7. The maximum atomic E-state index is 12.3. The summed E-state index contributed by atoms with van der Waals surface area (Å²) in [5.41, 5.74) is 1.02.